The zero-order valence-corrected chi connectivity index (χ0v) is 14.4. The number of halogens is 3. The van der Waals surface area contributed by atoms with Gasteiger partial charge in [0.2, 0.25) is 0 Å². The van der Waals surface area contributed by atoms with Gasteiger partial charge in [-0.3, -0.25) is 4.79 Å². The zero-order chi connectivity index (χ0) is 18.8. The van der Waals surface area contributed by atoms with Gasteiger partial charge in [-0.15, -0.1) is 0 Å². The average Bonchev–Trinajstić information content (AvgIpc) is 3.36. The summed E-state index contributed by atoms with van der Waals surface area (Å²) in [6, 6.07) is 9.82. The van der Waals surface area contributed by atoms with E-state index < -0.39 is 11.7 Å². The Morgan fingerprint density at radius 3 is 2.52 bits per heavy atom. The van der Waals surface area contributed by atoms with Gasteiger partial charge in [0, 0.05) is 36.8 Å². The second-order valence-electron chi connectivity index (χ2n) is 7.29. The normalized spacial score (nSPS) is 16.7. The standard InChI is InChI=1S/C21H17F3N2O/c22-21(23,24)19-16(12-1-2-13-10-25-11-14(13)9-12)5-6-17-18(27)7-8-26(20(17)19)15-3-4-15/h1-2,5-9,15,25H,3-4,10-11H2. The largest absolute Gasteiger partial charge is 0.419 e. The number of rotatable bonds is 2. The third-order valence-electron chi connectivity index (χ3n) is 5.46. The van der Waals surface area contributed by atoms with E-state index in [9.17, 15) is 18.0 Å². The van der Waals surface area contributed by atoms with Crippen molar-refractivity contribution in [2.45, 2.75) is 38.1 Å². The Morgan fingerprint density at radius 2 is 1.78 bits per heavy atom. The minimum absolute atomic E-state index is 0.00798. The highest BCUT2D eigenvalue weighted by molar-refractivity contribution is 5.90. The average molecular weight is 370 g/mol. The molecule has 1 aromatic heterocycles. The Labute approximate surface area is 153 Å². The monoisotopic (exact) mass is 370 g/mol. The second kappa shape index (κ2) is 5.70. The van der Waals surface area contributed by atoms with Crippen molar-refractivity contribution in [2.24, 2.45) is 0 Å². The second-order valence-corrected chi connectivity index (χ2v) is 7.29. The maximum atomic E-state index is 14.2. The van der Waals surface area contributed by atoms with Gasteiger partial charge in [0.25, 0.3) is 0 Å². The van der Waals surface area contributed by atoms with E-state index in [-0.39, 0.29) is 27.9 Å². The molecule has 2 aliphatic rings. The summed E-state index contributed by atoms with van der Waals surface area (Å²) < 4.78 is 44.3. The number of nitrogens with one attached hydrogen (secondary N) is 1. The topological polar surface area (TPSA) is 34.0 Å². The molecule has 2 heterocycles. The van der Waals surface area contributed by atoms with E-state index in [1.165, 1.54) is 24.4 Å². The molecule has 0 spiro atoms. The van der Waals surface area contributed by atoms with Crippen molar-refractivity contribution >= 4 is 10.9 Å². The van der Waals surface area contributed by atoms with Gasteiger partial charge in [-0.25, -0.2) is 0 Å². The van der Waals surface area contributed by atoms with E-state index in [1.807, 2.05) is 12.1 Å². The first-order valence-electron chi connectivity index (χ1n) is 9.01. The molecule has 1 N–H and O–H groups in total. The van der Waals surface area contributed by atoms with Crippen molar-refractivity contribution in [3.05, 3.63) is 69.5 Å². The highest BCUT2D eigenvalue weighted by Gasteiger charge is 2.38. The molecule has 138 valence electrons. The molecule has 1 aliphatic heterocycles. The van der Waals surface area contributed by atoms with E-state index in [1.54, 1.807) is 10.6 Å². The van der Waals surface area contributed by atoms with Crippen molar-refractivity contribution in [2.75, 3.05) is 0 Å². The molecule has 1 fully saturated rings. The predicted molar refractivity (Wildman–Crippen MR) is 97.5 cm³/mol. The SMILES string of the molecule is O=c1ccn(C2CC2)c2c(C(F)(F)F)c(-c3ccc4c(c3)CNC4)ccc12. The Balaban J connectivity index is 1.85. The summed E-state index contributed by atoms with van der Waals surface area (Å²) in [7, 11) is 0. The van der Waals surface area contributed by atoms with Crippen molar-refractivity contribution in [1.29, 1.82) is 0 Å². The third kappa shape index (κ3) is 2.67. The Kier molecular flexibility index (Phi) is 3.49. The molecule has 27 heavy (non-hydrogen) atoms. The minimum Gasteiger partial charge on any atom is -0.344 e. The van der Waals surface area contributed by atoms with Crippen LogP contribution in [0.5, 0.6) is 0 Å². The van der Waals surface area contributed by atoms with Crippen LogP contribution in [0.2, 0.25) is 0 Å². The van der Waals surface area contributed by atoms with Gasteiger partial charge in [-0.2, -0.15) is 13.2 Å². The highest BCUT2D eigenvalue weighted by atomic mass is 19.4. The lowest BCUT2D eigenvalue weighted by atomic mass is 9.94. The number of aromatic nitrogens is 1. The number of hydrogen-bond acceptors (Lipinski definition) is 2. The molecular weight excluding hydrogens is 353 g/mol. The van der Waals surface area contributed by atoms with Crippen LogP contribution in [-0.2, 0) is 19.3 Å². The fourth-order valence-corrected chi connectivity index (χ4v) is 4.02. The van der Waals surface area contributed by atoms with Gasteiger partial charge >= 0.3 is 6.18 Å². The summed E-state index contributed by atoms with van der Waals surface area (Å²) in [6.07, 6.45) is -1.38. The number of hydrogen-bond donors (Lipinski definition) is 1. The zero-order valence-electron chi connectivity index (χ0n) is 14.4. The highest BCUT2D eigenvalue weighted by Crippen LogP contribution is 2.44. The van der Waals surface area contributed by atoms with Crippen molar-refractivity contribution < 1.29 is 13.2 Å². The first-order valence-corrected chi connectivity index (χ1v) is 9.01. The number of alkyl halides is 3. The lowest BCUT2D eigenvalue weighted by molar-refractivity contribution is -0.136. The van der Waals surface area contributed by atoms with Gasteiger partial charge in [-0.1, -0.05) is 18.2 Å². The molecule has 3 nitrogen and oxygen atoms in total. The van der Waals surface area contributed by atoms with Gasteiger partial charge in [0.05, 0.1) is 11.1 Å². The van der Waals surface area contributed by atoms with Crippen LogP contribution in [0.3, 0.4) is 0 Å². The molecule has 2 aromatic carbocycles. The van der Waals surface area contributed by atoms with Gasteiger partial charge < -0.3 is 9.88 Å². The summed E-state index contributed by atoms with van der Waals surface area (Å²) in [4.78, 5) is 12.3. The quantitative estimate of drug-likeness (QED) is 0.714. The van der Waals surface area contributed by atoms with Gasteiger partial charge in [0.15, 0.2) is 5.43 Å². The van der Waals surface area contributed by atoms with E-state index >= 15 is 0 Å². The maximum Gasteiger partial charge on any atom is 0.419 e. The van der Waals surface area contributed by atoms with Gasteiger partial charge in [-0.05, 0) is 47.2 Å². The fourth-order valence-electron chi connectivity index (χ4n) is 4.02. The van der Waals surface area contributed by atoms with E-state index in [4.69, 9.17) is 0 Å². The summed E-state index contributed by atoms with van der Waals surface area (Å²) in [5.41, 5.74) is 1.72. The Hall–Kier alpha value is -2.60. The summed E-state index contributed by atoms with van der Waals surface area (Å²) in [5, 5.41) is 3.34. The van der Waals surface area contributed by atoms with E-state index in [2.05, 4.69) is 5.32 Å². The first-order chi connectivity index (χ1) is 12.9. The van der Waals surface area contributed by atoms with Crippen LogP contribution in [0.15, 0.2) is 47.4 Å². The minimum atomic E-state index is -4.56. The molecule has 0 radical (unpaired) electrons. The molecule has 6 heteroatoms. The molecule has 0 saturated heterocycles. The van der Waals surface area contributed by atoms with E-state index in [0.717, 1.165) is 30.5 Å². The molecule has 1 saturated carbocycles. The fraction of sp³-hybridized carbons (Fsp3) is 0.286. The predicted octanol–water partition coefficient (Wildman–Crippen LogP) is 4.63. The third-order valence-corrected chi connectivity index (χ3v) is 5.46. The Bertz CT molecular complexity index is 1130. The number of fused-ring (bicyclic) bond motifs is 2. The van der Waals surface area contributed by atoms with Crippen LogP contribution >= 0.6 is 0 Å². The molecule has 5 rings (SSSR count). The molecule has 0 bridgehead atoms. The number of nitrogens with zero attached hydrogens (tertiary/aromatic N) is 1. The Morgan fingerprint density at radius 1 is 1.00 bits per heavy atom. The van der Waals surface area contributed by atoms with Crippen LogP contribution in [0.1, 0.15) is 35.6 Å². The smallest absolute Gasteiger partial charge is 0.344 e. The summed E-state index contributed by atoms with van der Waals surface area (Å²) in [5.74, 6) is 0. The van der Waals surface area contributed by atoms with Crippen LogP contribution in [0, 0.1) is 0 Å². The van der Waals surface area contributed by atoms with Crippen LogP contribution < -0.4 is 10.7 Å². The molecule has 0 atom stereocenters. The van der Waals surface area contributed by atoms with Crippen molar-refractivity contribution in [3.63, 3.8) is 0 Å². The molecular formula is C21H17F3N2O. The van der Waals surface area contributed by atoms with Crippen LogP contribution in [0.4, 0.5) is 13.2 Å². The van der Waals surface area contributed by atoms with Gasteiger partial charge in [0.1, 0.15) is 0 Å². The first kappa shape index (κ1) is 16.6. The van der Waals surface area contributed by atoms with Crippen LogP contribution in [-0.4, -0.2) is 4.57 Å². The van der Waals surface area contributed by atoms with Crippen LogP contribution in [0.25, 0.3) is 22.0 Å². The summed E-state index contributed by atoms with van der Waals surface area (Å²) >= 11 is 0. The summed E-state index contributed by atoms with van der Waals surface area (Å²) in [6.45, 7) is 1.39. The van der Waals surface area contributed by atoms with Crippen molar-refractivity contribution in [3.8, 4) is 11.1 Å². The molecule has 3 aromatic rings. The lowest BCUT2D eigenvalue weighted by Crippen LogP contribution is -2.16. The lowest BCUT2D eigenvalue weighted by Gasteiger charge is -2.20. The maximum absolute atomic E-state index is 14.2. The number of benzene rings is 2. The number of pyridine rings is 1. The molecule has 0 amide bonds. The molecule has 0 unspecified atom stereocenters. The van der Waals surface area contributed by atoms with E-state index in [0.29, 0.717) is 12.1 Å². The molecule has 1 aliphatic carbocycles. The van der Waals surface area contributed by atoms with Crippen molar-refractivity contribution in [1.82, 2.24) is 9.88 Å².